The number of hydrogen-bond donors (Lipinski definition) is 2. The maximum absolute atomic E-state index is 9.49. The molecule has 2 aromatic heterocycles. The van der Waals surface area contributed by atoms with Gasteiger partial charge in [-0.1, -0.05) is 18.2 Å². The Morgan fingerprint density at radius 1 is 1.30 bits per heavy atom. The lowest BCUT2D eigenvalue weighted by molar-refractivity contribution is 0.622. The first-order chi connectivity index (χ1) is 9.88. The summed E-state index contributed by atoms with van der Waals surface area (Å²) in [6, 6.07) is 10.4. The molecule has 5 heteroatoms. The number of para-hydroxylation sites is 1. The monoisotopic (exact) mass is 263 g/mol. The average molecular weight is 263 g/mol. The third-order valence-electron chi connectivity index (χ3n) is 3.76. The van der Waals surface area contributed by atoms with Crippen LogP contribution < -0.4 is 5.32 Å². The van der Waals surface area contributed by atoms with E-state index < -0.39 is 0 Å². The zero-order valence-corrected chi connectivity index (χ0v) is 10.8. The molecular formula is C15H13N5. The predicted molar refractivity (Wildman–Crippen MR) is 77.3 cm³/mol. The second-order valence-electron chi connectivity index (χ2n) is 4.92. The molecule has 0 unspecified atom stereocenters. The van der Waals surface area contributed by atoms with Gasteiger partial charge < -0.3 is 14.9 Å². The van der Waals surface area contributed by atoms with Crippen LogP contribution in [0.25, 0.3) is 22.2 Å². The molecule has 0 amide bonds. The standard InChI is InChI=1S/C15H13N5/c16-8-13-14(19-15-17-6-3-7-20(13)15)11-9-18-12-5-2-1-4-10(11)12/h1-2,4-5,9,18H,3,6-7H2,(H,17,19). The van der Waals surface area contributed by atoms with E-state index >= 15 is 0 Å². The molecular weight excluding hydrogens is 250 g/mol. The maximum atomic E-state index is 9.49. The van der Waals surface area contributed by atoms with Crippen LogP contribution in [0.2, 0.25) is 0 Å². The Bertz CT molecular complexity index is 834. The molecule has 0 bridgehead atoms. The summed E-state index contributed by atoms with van der Waals surface area (Å²) in [6.07, 6.45) is 2.95. The van der Waals surface area contributed by atoms with Crippen LogP contribution >= 0.6 is 0 Å². The summed E-state index contributed by atoms with van der Waals surface area (Å²) in [6.45, 7) is 1.76. The SMILES string of the molecule is N#Cc1c(-c2c[nH]c3ccccc23)nc2n1CCCN2. The Kier molecular flexibility index (Phi) is 2.30. The number of nitriles is 1. The number of nitrogens with zero attached hydrogens (tertiary/aromatic N) is 3. The molecule has 0 spiro atoms. The first kappa shape index (κ1) is 11.1. The Morgan fingerprint density at radius 3 is 3.10 bits per heavy atom. The van der Waals surface area contributed by atoms with E-state index in [1.54, 1.807) is 0 Å². The molecule has 1 aromatic carbocycles. The number of H-pyrrole nitrogens is 1. The fraction of sp³-hybridized carbons (Fsp3) is 0.200. The molecule has 5 nitrogen and oxygen atoms in total. The average Bonchev–Trinajstić information content (AvgIpc) is 3.07. The van der Waals surface area contributed by atoms with Gasteiger partial charge in [-0.15, -0.1) is 0 Å². The normalized spacial score (nSPS) is 13.8. The topological polar surface area (TPSA) is 69.4 Å². The molecule has 20 heavy (non-hydrogen) atoms. The predicted octanol–water partition coefficient (Wildman–Crippen LogP) is 2.72. The molecule has 4 rings (SSSR count). The number of anilines is 1. The van der Waals surface area contributed by atoms with E-state index in [-0.39, 0.29) is 0 Å². The minimum absolute atomic E-state index is 0.636. The van der Waals surface area contributed by atoms with Gasteiger partial charge in [-0.2, -0.15) is 5.26 Å². The van der Waals surface area contributed by atoms with Crippen LogP contribution in [0.4, 0.5) is 5.95 Å². The van der Waals surface area contributed by atoms with Crippen LogP contribution in [0.5, 0.6) is 0 Å². The summed E-state index contributed by atoms with van der Waals surface area (Å²) in [5.41, 5.74) is 3.44. The van der Waals surface area contributed by atoms with Crippen molar-refractivity contribution in [2.24, 2.45) is 0 Å². The van der Waals surface area contributed by atoms with E-state index in [1.807, 2.05) is 35.0 Å². The van der Waals surface area contributed by atoms with E-state index in [2.05, 4.69) is 21.4 Å². The van der Waals surface area contributed by atoms with Crippen molar-refractivity contribution < 1.29 is 0 Å². The van der Waals surface area contributed by atoms with Crippen LogP contribution in [-0.4, -0.2) is 21.1 Å². The highest BCUT2D eigenvalue weighted by Crippen LogP contribution is 2.32. The molecule has 2 N–H and O–H groups in total. The summed E-state index contributed by atoms with van der Waals surface area (Å²) in [5, 5.41) is 13.8. The molecule has 0 saturated heterocycles. The van der Waals surface area contributed by atoms with Crippen LogP contribution in [-0.2, 0) is 6.54 Å². The van der Waals surface area contributed by atoms with Gasteiger partial charge in [0.2, 0.25) is 5.95 Å². The third-order valence-corrected chi connectivity index (χ3v) is 3.76. The molecule has 3 heterocycles. The lowest BCUT2D eigenvalue weighted by Gasteiger charge is -2.15. The van der Waals surface area contributed by atoms with Gasteiger partial charge in [0.1, 0.15) is 17.5 Å². The van der Waals surface area contributed by atoms with Crippen molar-refractivity contribution in [3.05, 3.63) is 36.2 Å². The number of imidazole rings is 1. The Hall–Kier alpha value is -2.74. The van der Waals surface area contributed by atoms with Gasteiger partial charge in [-0.25, -0.2) is 4.98 Å². The smallest absolute Gasteiger partial charge is 0.204 e. The number of nitrogens with one attached hydrogen (secondary N) is 2. The van der Waals surface area contributed by atoms with Crippen molar-refractivity contribution in [3.63, 3.8) is 0 Å². The number of aromatic nitrogens is 3. The number of rotatable bonds is 1. The van der Waals surface area contributed by atoms with E-state index in [9.17, 15) is 5.26 Å². The molecule has 0 fully saturated rings. The summed E-state index contributed by atoms with van der Waals surface area (Å²) >= 11 is 0. The summed E-state index contributed by atoms with van der Waals surface area (Å²) in [4.78, 5) is 7.86. The number of aromatic amines is 1. The highest BCUT2D eigenvalue weighted by molar-refractivity contribution is 5.95. The van der Waals surface area contributed by atoms with Crippen molar-refractivity contribution >= 4 is 16.9 Å². The molecule has 0 saturated carbocycles. The van der Waals surface area contributed by atoms with Gasteiger partial charge in [0, 0.05) is 35.8 Å². The van der Waals surface area contributed by atoms with Gasteiger partial charge in [0.15, 0.2) is 0 Å². The van der Waals surface area contributed by atoms with Crippen LogP contribution in [0.3, 0.4) is 0 Å². The van der Waals surface area contributed by atoms with E-state index in [0.717, 1.165) is 47.6 Å². The van der Waals surface area contributed by atoms with Gasteiger partial charge in [0.25, 0.3) is 0 Å². The first-order valence-electron chi connectivity index (χ1n) is 6.69. The highest BCUT2D eigenvalue weighted by Gasteiger charge is 2.22. The maximum Gasteiger partial charge on any atom is 0.204 e. The van der Waals surface area contributed by atoms with Crippen molar-refractivity contribution in [2.75, 3.05) is 11.9 Å². The second kappa shape index (κ2) is 4.14. The zero-order chi connectivity index (χ0) is 13.5. The number of fused-ring (bicyclic) bond motifs is 2. The van der Waals surface area contributed by atoms with Gasteiger partial charge in [0.05, 0.1) is 0 Å². The fourth-order valence-electron chi connectivity index (χ4n) is 2.81. The zero-order valence-electron chi connectivity index (χ0n) is 10.8. The van der Waals surface area contributed by atoms with E-state index in [4.69, 9.17) is 0 Å². The number of hydrogen-bond acceptors (Lipinski definition) is 3. The molecule has 3 aromatic rings. The van der Waals surface area contributed by atoms with Crippen LogP contribution in [0.15, 0.2) is 30.5 Å². The van der Waals surface area contributed by atoms with Crippen molar-refractivity contribution in [1.29, 1.82) is 5.26 Å². The number of benzene rings is 1. The summed E-state index contributed by atoms with van der Waals surface area (Å²) in [5.74, 6) is 0.799. The summed E-state index contributed by atoms with van der Waals surface area (Å²) in [7, 11) is 0. The fourth-order valence-corrected chi connectivity index (χ4v) is 2.81. The van der Waals surface area contributed by atoms with Crippen molar-refractivity contribution in [3.8, 4) is 17.3 Å². The van der Waals surface area contributed by atoms with Crippen LogP contribution in [0, 0.1) is 11.3 Å². The molecule has 1 aliphatic heterocycles. The second-order valence-corrected chi connectivity index (χ2v) is 4.92. The quantitative estimate of drug-likeness (QED) is 0.709. The minimum atomic E-state index is 0.636. The Morgan fingerprint density at radius 2 is 2.20 bits per heavy atom. The largest absolute Gasteiger partial charge is 0.360 e. The lowest BCUT2D eigenvalue weighted by Crippen LogP contribution is -2.18. The van der Waals surface area contributed by atoms with E-state index in [0.29, 0.717) is 5.69 Å². The minimum Gasteiger partial charge on any atom is -0.360 e. The van der Waals surface area contributed by atoms with Crippen molar-refractivity contribution in [2.45, 2.75) is 13.0 Å². The van der Waals surface area contributed by atoms with Gasteiger partial charge in [-0.3, -0.25) is 0 Å². The summed E-state index contributed by atoms with van der Waals surface area (Å²) < 4.78 is 1.97. The van der Waals surface area contributed by atoms with Crippen molar-refractivity contribution in [1.82, 2.24) is 14.5 Å². The first-order valence-corrected chi connectivity index (χ1v) is 6.69. The van der Waals surface area contributed by atoms with Crippen LogP contribution in [0.1, 0.15) is 12.1 Å². The van der Waals surface area contributed by atoms with E-state index in [1.165, 1.54) is 0 Å². The van der Waals surface area contributed by atoms with Gasteiger partial charge >= 0.3 is 0 Å². The lowest BCUT2D eigenvalue weighted by atomic mass is 10.1. The molecule has 0 radical (unpaired) electrons. The Balaban J connectivity index is 1.99. The molecule has 0 atom stereocenters. The highest BCUT2D eigenvalue weighted by atomic mass is 15.2. The van der Waals surface area contributed by atoms with Gasteiger partial charge in [-0.05, 0) is 12.5 Å². The Labute approximate surface area is 115 Å². The molecule has 1 aliphatic rings. The molecule has 98 valence electrons. The third kappa shape index (κ3) is 1.45. The molecule has 0 aliphatic carbocycles.